The van der Waals surface area contributed by atoms with E-state index in [9.17, 15) is 27.2 Å². The number of halogens is 4. The second-order valence-electron chi connectivity index (χ2n) is 8.85. The average Bonchev–Trinajstić information content (AvgIpc) is 2.93. The van der Waals surface area contributed by atoms with E-state index in [-0.39, 0.29) is 22.5 Å². The lowest BCUT2D eigenvalue weighted by Crippen LogP contribution is -2.43. The summed E-state index contributed by atoms with van der Waals surface area (Å²) < 4.78 is 53.4. The van der Waals surface area contributed by atoms with Crippen LogP contribution >= 0.6 is 0 Å². The molecule has 8 nitrogen and oxygen atoms in total. The second kappa shape index (κ2) is 10.7. The molecule has 200 valence electrons. The monoisotopic (exact) mass is 538 g/mol. The van der Waals surface area contributed by atoms with Gasteiger partial charge in [0.25, 0.3) is 0 Å². The Balaban J connectivity index is 1.30. The molecule has 3 N–H and O–H groups in total. The number of ketones is 1. The lowest BCUT2D eigenvalue weighted by Gasteiger charge is -2.28. The van der Waals surface area contributed by atoms with Crippen molar-refractivity contribution in [2.45, 2.75) is 6.18 Å². The highest BCUT2D eigenvalue weighted by Crippen LogP contribution is 2.30. The van der Waals surface area contributed by atoms with Crippen LogP contribution in [0.15, 0.2) is 66.9 Å². The molecule has 4 aromatic rings. The number of amides is 2. The minimum absolute atomic E-state index is 0.0434. The van der Waals surface area contributed by atoms with Gasteiger partial charge in [-0.3, -0.25) is 9.78 Å². The van der Waals surface area contributed by atoms with Crippen molar-refractivity contribution < 1.29 is 27.2 Å². The summed E-state index contributed by atoms with van der Waals surface area (Å²) in [5.41, 5.74) is 0.174. The third-order valence-electron chi connectivity index (χ3n) is 6.16. The quantitative estimate of drug-likeness (QED) is 0.242. The lowest BCUT2D eigenvalue weighted by molar-refractivity contribution is -0.137. The van der Waals surface area contributed by atoms with E-state index in [4.69, 9.17) is 0 Å². The van der Waals surface area contributed by atoms with Gasteiger partial charge in [-0.05, 0) is 54.6 Å². The molecule has 0 atom stereocenters. The van der Waals surface area contributed by atoms with E-state index < -0.39 is 29.4 Å². The number of urea groups is 1. The SMILES string of the molecule is O=C(Nc1cccc(C(F)(F)F)c1)Nc1ccc(C(=O)c2ccc3ncc(N4CCNCC4)nc3c2)cc1F. The molecule has 0 unspecified atom stereocenters. The van der Waals surface area contributed by atoms with Crippen LogP contribution < -0.4 is 20.9 Å². The molecule has 0 saturated carbocycles. The molecule has 2 heterocycles. The van der Waals surface area contributed by atoms with Crippen molar-refractivity contribution in [2.75, 3.05) is 41.7 Å². The molecule has 5 rings (SSSR count). The topological polar surface area (TPSA) is 99.2 Å². The van der Waals surface area contributed by atoms with Gasteiger partial charge in [0.2, 0.25) is 0 Å². The van der Waals surface area contributed by atoms with Crippen LogP contribution in [-0.2, 0) is 6.18 Å². The smallest absolute Gasteiger partial charge is 0.353 e. The Bertz CT molecular complexity index is 1550. The fourth-order valence-electron chi connectivity index (χ4n) is 4.17. The molecule has 0 radical (unpaired) electrons. The van der Waals surface area contributed by atoms with E-state index in [0.717, 1.165) is 50.4 Å². The van der Waals surface area contributed by atoms with Crippen LogP contribution in [0.5, 0.6) is 0 Å². The van der Waals surface area contributed by atoms with Crippen molar-refractivity contribution in [1.29, 1.82) is 0 Å². The van der Waals surface area contributed by atoms with Gasteiger partial charge in [0.15, 0.2) is 5.78 Å². The number of piperazine rings is 1. The highest BCUT2D eigenvalue weighted by atomic mass is 19.4. The number of fused-ring (bicyclic) bond motifs is 1. The van der Waals surface area contributed by atoms with Crippen molar-refractivity contribution in [3.63, 3.8) is 0 Å². The maximum Gasteiger partial charge on any atom is 0.416 e. The van der Waals surface area contributed by atoms with Gasteiger partial charge in [-0.1, -0.05) is 6.07 Å². The molecule has 1 aromatic heterocycles. The summed E-state index contributed by atoms with van der Waals surface area (Å²) in [6, 6.07) is 11.5. The van der Waals surface area contributed by atoms with Crippen molar-refractivity contribution in [1.82, 2.24) is 15.3 Å². The average molecular weight is 539 g/mol. The van der Waals surface area contributed by atoms with Gasteiger partial charge < -0.3 is 20.9 Å². The van der Waals surface area contributed by atoms with Crippen molar-refractivity contribution in [3.05, 3.63) is 89.4 Å². The molecule has 1 aliphatic heterocycles. The van der Waals surface area contributed by atoms with Gasteiger partial charge in [0.1, 0.15) is 11.6 Å². The molecular formula is C27H22F4N6O2. The largest absolute Gasteiger partial charge is 0.416 e. The van der Waals surface area contributed by atoms with Gasteiger partial charge in [-0.15, -0.1) is 0 Å². The van der Waals surface area contributed by atoms with Crippen molar-refractivity contribution in [2.24, 2.45) is 0 Å². The van der Waals surface area contributed by atoms with Crippen LogP contribution in [0.25, 0.3) is 11.0 Å². The minimum atomic E-state index is -4.58. The van der Waals surface area contributed by atoms with Crippen LogP contribution in [-0.4, -0.2) is 48.0 Å². The molecule has 39 heavy (non-hydrogen) atoms. The number of carbonyl (C=O) groups is 2. The number of alkyl halides is 3. The molecule has 2 amide bonds. The van der Waals surface area contributed by atoms with Crippen LogP contribution in [0, 0.1) is 5.82 Å². The Morgan fingerprint density at radius 2 is 1.64 bits per heavy atom. The van der Waals surface area contributed by atoms with Crippen LogP contribution in [0.1, 0.15) is 21.5 Å². The maximum atomic E-state index is 14.8. The van der Waals surface area contributed by atoms with Crippen LogP contribution in [0.3, 0.4) is 0 Å². The molecule has 1 fully saturated rings. The number of aromatic nitrogens is 2. The third-order valence-corrected chi connectivity index (χ3v) is 6.16. The van der Waals surface area contributed by atoms with E-state index in [1.165, 1.54) is 18.2 Å². The number of hydrogen-bond acceptors (Lipinski definition) is 6. The fraction of sp³-hybridized carbons (Fsp3) is 0.185. The summed E-state index contributed by atoms with van der Waals surface area (Å²) in [6.45, 7) is 3.25. The number of rotatable bonds is 5. The Hall–Kier alpha value is -4.58. The molecular weight excluding hydrogens is 516 g/mol. The predicted octanol–water partition coefficient (Wildman–Crippen LogP) is 5.07. The predicted molar refractivity (Wildman–Crippen MR) is 139 cm³/mol. The first-order valence-corrected chi connectivity index (χ1v) is 12.0. The van der Waals surface area contributed by atoms with Crippen LogP contribution in [0.2, 0.25) is 0 Å². The van der Waals surface area contributed by atoms with E-state index in [1.807, 2.05) is 0 Å². The molecule has 1 aliphatic rings. The standard InChI is InChI=1S/C27H22F4N6O2/c28-20-12-16(4-6-21(20)36-26(39)34-19-3-1-2-18(14-19)27(29,30)31)25(38)17-5-7-22-23(13-17)35-24(15-33-22)37-10-8-32-9-11-37/h1-7,12-15,32H,8-11H2,(H2,34,36,39). The summed E-state index contributed by atoms with van der Waals surface area (Å²) in [5, 5.41) is 7.75. The number of benzene rings is 3. The fourth-order valence-corrected chi connectivity index (χ4v) is 4.17. The Kier molecular flexibility index (Phi) is 7.11. The van der Waals surface area contributed by atoms with E-state index >= 15 is 0 Å². The van der Waals surface area contributed by atoms with Gasteiger partial charge in [-0.25, -0.2) is 14.2 Å². The minimum Gasteiger partial charge on any atom is -0.353 e. The van der Waals surface area contributed by atoms with E-state index in [0.29, 0.717) is 16.9 Å². The summed E-state index contributed by atoms with van der Waals surface area (Å²) in [5.74, 6) is -0.634. The highest BCUT2D eigenvalue weighted by molar-refractivity contribution is 6.10. The first-order chi connectivity index (χ1) is 18.7. The Labute approximate surface area is 220 Å². The zero-order valence-electron chi connectivity index (χ0n) is 20.3. The van der Waals surface area contributed by atoms with Gasteiger partial charge in [-0.2, -0.15) is 13.2 Å². The number of nitrogens with one attached hydrogen (secondary N) is 3. The maximum absolute atomic E-state index is 14.8. The van der Waals surface area contributed by atoms with Gasteiger partial charge in [0.05, 0.1) is 28.5 Å². The third kappa shape index (κ3) is 5.96. The first-order valence-electron chi connectivity index (χ1n) is 12.0. The van der Waals surface area contributed by atoms with Crippen LogP contribution in [0.4, 0.5) is 39.5 Å². The first kappa shape index (κ1) is 26.0. The summed E-state index contributed by atoms with van der Waals surface area (Å²) in [4.78, 5) is 36.5. The highest BCUT2D eigenvalue weighted by Gasteiger charge is 2.30. The summed E-state index contributed by atoms with van der Waals surface area (Å²) in [7, 11) is 0. The van der Waals surface area contributed by atoms with Crippen molar-refractivity contribution >= 4 is 40.0 Å². The van der Waals surface area contributed by atoms with E-state index in [1.54, 1.807) is 24.4 Å². The summed E-state index contributed by atoms with van der Waals surface area (Å²) in [6.07, 6.45) is -2.88. The normalized spacial score (nSPS) is 13.8. The lowest BCUT2D eigenvalue weighted by atomic mass is 10.0. The Morgan fingerprint density at radius 3 is 2.38 bits per heavy atom. The number of anilines is 3. The van der Waals surface area contributed by atoms with E-state index in [2.05, 4.69) is 30.8 Å². The number of hydrogen-bond donors (Lipinski definition) is 3. The molecule has 1 saturated heterocycles. The molecule has 3 aromatic carbocycles. The van der Waals surface area contributed by atoms with Crippen molar-refractivity contribution in [3.8, 4) is 0 Å². The molecule has 0 bridgehead atoms. The molecule has 12 heteroatoms. The second-order valence-corrected chi connectivity index (χ2v) is 8.85. The summed E-state index contributed by atoms with van der Waals surface area (Å²) >= 11 is 0. The Morgan fingerprint density at radius 1 is 0.897 bits per heavy atom. The molecule has 0 aliphatic carbocycles. The number of nitrogens with zero attached hydrogens (tertiary/aromatic N) is 3. The zero-order valence-corrected chi connectivity index (χ0v) is 20.3. The molecule has 0 spiro atoms. The zero-order chi connectivity index (χ0) is 27.6. The van der Waals surface area contributed by atoms with Gasteiger partial charge in [0, 0.05) is 43.0 Å². The number of carbonyl (C=O) groups excluding carboxylic acids is 2. The van der Waals surface area contributed by atoms with Gasteiger partial charge >= 0.3 is 12.2 Å².